The zero-order chi connectivity index (χ0) is 13.3. The number of nitrogens with zero attached hydrogens (tertiary/aromatic N) is 1. The summed E-state index contributed by atoms with van der Waals surface area (Å²) in [5.74, 6) is 1.53. The van der Waals surface area contributed by atoms with Crippen LogP contribution in [0.15, 0.2) is 59.6 Å². The molecule has 0 radical (unpaired) electrons. The van der Waals surface area contributed by atoms with Crippen LogP contribution in [0, 0.1) is 0 Å². The number of carbonyl (C=O) groups excluding carboxylic acids is 1. The van der Waals surface area contributed by atoms with Crippen LogP contribution >= 0.6 is 0 Å². The average Bonchev–Trinajstić information content (AvgIpc) is 2.47. The van der Waals surface area contributed by atoms with Gasteiger partial charge in [-0.3, -0.25) is 0 Å². The first kappa shape index (κ1) is 12.9. The fourth-order valence-corrected chi connectivity index (χ4v) is 1.51. The Morgan fingerprint density at radius 2 is 1.42 bits per heavy atom. The minimum Gasteiger partial charge on any atom is -0.490 e. The van der Waals surface area contributed by atoms with Crippen molar-refractivity contribution < 1.29 is 14.3 Å². The molecule has 19 heavy (non-hydrogen) atoms. The number of benzene rings is 2. The van der Waals surface area contributed by atoms with Gasteiger partial charge in [0.05, 0.1) is 5.69 Å². The molecule has 96 valence electrons. The Hall–Kier alpha value is -2.58. The van der Waals surface area contributed by atoms with Crippen molar-refractivity contribution in [3.05, 3.63) is 54.6 Å². The maximum atomic E-state index is 10.1. The zero-order valence-corrected chi connectivity index (χ0v) is 10.3. The van der Waals surface area contributed by atoms with E-state index in [4.69, 9.17) is 9.47 Å². The maximum Gasteiger partial charge on any atom is 0.240 e. The zero-order valence-electron chi connectivity index (χ0n) is 10.3. The summed E-state index contributed by atoms with van der Waals surface area (Å²) in [6, 6.07) is 16.4. The highest BCUT2D eigenvalue weighted by atomic mass is 16.5. The summed E-state index contributed by atoms with van der Waals surface area (Å²) in [4.78, 5) is 13.6. The van der Waals surface area contributed by atoms with Gasteiger partial charge in [0, 0.05) is 0 Å². The molecule has 0 N–H and O–H groups in total. The van der Waals surface area contributed by atoms with Gasteiger partial charge in [-0.05, 0) is 36.4 Å². The molecule has 4 heteroatoms. The summed E-state index contributed by atoms with van der Waals surface area (Å²) in [7, 11) is 0. The molecule has 0 saturated heterocycles. The van der Waals surface area contributed by atoms with Crippen LogP contribution in [0.25, 0.3) is 0 Å². The molecule has 2 aromatic carbocycles. The lowest BCUT2D eigenvalue weighted by molar-refractivity contribution is 0.217. The molecule has 0 aliphatic carbocycles. The second-order valence-electron chi connectivity index (χ2n) is 3.71. The van der Waals surface area contributed by atoms with E-state index in [9.17, 15) is 4.79 Å². The van der Waals surface area contributed by atoms with E-state index >= 15 is 0 Å². The fourth-order valence-electron chi connectivity index (χ4n) is 1.51. The van der Waals surface area contributed by atoms with Crippen molar-refractivity contribution in [2.45, 2.75) is 0 Å². The number of hydrogen-bond acceptors (Lipinski definition) is 4. The van der Waals surface area contributed by atoms with Crippen LogP contribution in [-0.4, -0.2) is 19.3 Å². The second kappa shape index (κ2) is 6.99. The Morgan fingerprint density at radius 3 is 2.00 bits per heavy atom. The van der Waals surface area contributed by atoms with Gasteiger partial charge in [0.25, 0.3) is 0 Å². The van der Waals surface area contributed by atoms with E-state index in [1.165, 1.54) is 6.08 Å². The van der Waals surface area contributed by atoms with Crippen LogP contribution < -0.4 is 9.47 Å². The van der Waals surface area contributed by atoms with Crippen molar-refractivity contribution in [2.75, 3.05) is 13.2 Å². The molecule has 0 aliphatic rings. The number of aliphatic imine (C=N–C) groups is 1. The van der Waals surface area contributed by atoms with Gasteiger partial charge in [0.1, 0.15) is 24.7 Å². The van der Waals surface area contributed by atoms with Crippen molar-refractivity contribution in [3.63, 3.8) is 0 Å². The van der Waals surface area contributed by atoms with E-state index in [-0.39, 0.29) is 0 Å². The number of rotatable bonds is 6. The third-order valence-corrected chi connectivity index (χ3v) is 2.38. The van der Waals surface area contributed by atoms with Crippen LogP contribution in [0.3, 0.4) is 0 Å². The van der Waals surface area contributed by atoms with Gasteiger partial charge in [0.2, 0.25) is 6.08 Å². The fraction of sp³-hybridized carbons (Fsp3) is 0.133. The lowest BCUT2D eigenvalue weighted by Crippen LogP contribution is -2.08. The number of ether oxygens (including phenoxy) is 2. The van der Waals surface area contributed by atoms with Crippen LogP contribution in [0.5, 0.6) is 11.5 Å². The molecule has 0 aliphatic heterocycles. The predicted octanol–water partition coefficient (Wildman–Crippen LogP) is 3.11. The SMILES string of the molecule is O=C=Nc1ccc(OCCOc2ccccc2)cc1. The quantitative estimate of drug-likeness (QED) is 0.452. The molecule has 0 amide bonds. The lowest BCUT2D eigenvalue weighted by atomic mass is 10.3. The Morgan fingerprint density at radius 1 is 0.842 bits per heavy atom. The summed E-state index contributed by atoms with van der Waals surface area (Å²) in [6.45, 7) is 0.920. The standard InChI is InChI=1S/C15H13NO3/c17-12-16-13-6-8-15(9-7-13)19-11-10-18-14-4-2-1-3-5-14/h1-9H,10-11H2. The van der Waals surface area contributed by atoms with Crippen LogP contribution in [0.1, 0.15) is 0 Å². The van der Waals surface area contributed by atoms with Gasteiger partial charge in [-0.2, -0.15) is 4.99 Å². The second-order valence-corrected chi connectivity index (χ2v) is 3.71. The van der Waals surface area contributed by atoms with Crippen molar-refractivity contribution in [2.24, 2.45) is 4.99 Å². The summed E-state index contributed by atoms with van der Waals surface area (Å²) < 4.78 is 11.0. The third kappa shape index (κ3) is 4.30. The molecule has 2 rings (SSSR count). The molecule has 0 aromatic heterocycles. The van der Waals surface area contributed by atoms with Crippen molar-refractivity contribution in [3.8, 4) is 11.5 Å². The summed E-state index contributed by atoms with van der Waals surface area (Å²) >= 11 is 0. The van der Waals surface area contributed by atoms with Gasteiger partial charge in [-0.25, -0.2) is 4.79 Å². The molecule has 4 nitrogen and oxygen atoms in total. The molecule has 0 unspecified atom stereocenters. The monoisotopic (exact) mass is 255 g/mol. The molecular weight excluding hydrogens is 242 g/mol. The van der Waals surface area contributed by atoms with E-state index in [0.29, 0.717) is 24.7 Å². The number of para-hydroxylation sites is 1. The van der Waals surface area contributed by atoms with E-state index in [0.717, 1.165) is 5.75 Å². The highest BCUT2D eigenvalue weighted by Crippen LogP contribution is 2.17. The Balaban J connectivity index is 1.75. The van der Waals surface area contributed by atoms with Crippen molar-refractivity contribution >= 4 is 11.8 Å². The van der Waals surface area contributed by atoms with E-state index in [1.807, 2.05) is 30.3 Å². The van der Waals surface area contributed by atoms with Gasteiger partial charge >= 0.3 is 0 Å². The van der Waals surface area contributed by atoms with Gasteiger partial charge in [-0.1, -0.05) is 18.2 Å². The molecule has 0 bridgehead atoms. The number of hydrogen-bond donors (Lipinski definition) is 0. The molecule has 2 aromatic rings. The summed E-state index contributed by atoms with van der Waals surface area (Å²) in [5, 5.41) is 0. The molecular formula is C15H13NO3. The van der Waals surface area contributed by atoms with E-state index in [1.54, 1.807) is 24.3 Å². The Bertz CT molecular complexity index is 545. The number of isocyanates is 1. The minimum atomic E-state index is 0.450. The lowest BCUT2D eigenvalue weighted by Gasteiger charge is -2.08. The maximum absolute atomic E-state index is 10.1. The topological polar surface area (TPSA) is 47.9 Å². The van der Waals surface area contributed by atoms with Crippen LogP contribution in [0.2, 0.25) is 0 Å². The molecule has 0 heterocycles. The van der Waals surface area contributed by atoms with Gasteiger partial charge < -0.3 is 9.47 Å². The third-order valence-electron chi connectivity index (χ3n) is 2.38. The first-order chi connectivity index (χ1) is 9.38. The highest BCUT2D eigenvalue weighted by Gasteiger charge is 1.96. The highest BCUT2D eigenvalue weighted by molar-refractivity contribution is 5.49. The van der Waals surface area contributed by atoms with Gasteiger partial charge in [-0.15, -0.1) is 0 Å². The van der Waals surface area contributed by atoms with Gasteiger partial charge in [0.15, 0.2) is 0 Å². The summed E-state index contributed by atoms with van der Waals surface area (Å²) in [6.07, 6.45) is 1.49. The molecule has 0 fully saturated rings. The molecule has 0 spiro atoms. The van der Waals surface area contributed by atoms with E-state index in [2.05, 4.69) is 4.99 Å². The first-order valence-corrected chi connectivity index (χ1v) is 5.87. The normalized spacial score (nSPS) is 9.47. The smallest absolute Gasteiger partial charge is 0.240 e. The van der Waals surface area contributed by atoms with E-state index < -0.39 is 0 Å². The summed E-state index contributed by atoms with van der Waals surface area (Å²) in [5.41, 5.74) is 0.558. The molecule has 0 atom stereocenters. The minimum absolute atomic E-state index is 0.450. The largest absolute Gasteiger partial charge is 0.490 e. The van der Waals surface area contributed by atoms with Crippen molar-refractivity contribution in [1.29, 1.82) is 0 Å². The Kier molecular flexibility index (Phi) is 4.73. The van der Waals surface area contributed by atoms with Crippen LogP contribution in [0.4, 0.5) is 5.69 Å². The molecule has 0 saturated carbocycles. The Labute approximate surface area is 111 Å². The van der Waals surface area contributed by atoms with Crippen molar-refractivity contribution in [1.82, 2.24) is 0 Å². The average molecular weight is 255 g/mol. The predicted molar refractivity (Wildman–Crippen MR) is 71.7 cm³/mol. The first-order valence-electron chi connectivity index (χ1n) is 5.87. The van der Waals surface area contributed by atoms with Crippen LogP contribution in [-0.2, 0) is 4.79 Å².